The third-order valence-corrected chi connectivity index (χ3v) is 5.51. The van der Waals surface area contributed by atoms with E-state index in [1.165, 1.54) is 23.0 Å². The minimum Gasteiger partial charge on any atom is -0.497 e. The minimum atomic E-state index is -0.302. The summed E-state index contributed by atoms with van der Waals surface area (Å²) in [5.41, 5.74) is 1.48. The highest BCUT2D eigenvalue weighted by atomic mass is 32.2. The van der Waals surface area contributed by atoms with Crippen LogP contribution in [0.1, 0.15) is 11.1 Å². The van der Waals surface area contributed by atoms with Gasteiger partial charge >= 0.3 is 0 Å². The molecule has 2 aromatic carbocycles. The van der Waals surface area contributed by atoms with E-state index in [1.807, 2.05) is 6.07 Å². The van der Waals surface area contributed by atoms with Crippen molar-refractivity contribution in [3.8, 4) is 23.0 Å². The number of methoxy groups -OCH3 is 4. The third kappa shape index (κ3) is 4.58. The summed E-state index contributed by atoms with van der Waals surface area (Å²) in [5, 5.41) is 5.45. The monoisotopic (exact) mass is 444 g/mol. The van der Waals surface area contributed by atoms with E-state index in [0.717, 1.165) is 5.56 Å². The summed E-state index contributed by atoms with van der Waals surface area (Å²) in [6.45, 7) is 0. The summed E-state index contributed by atoms with van der Waals surface area (Å²) in [6, 6.07) is 10.7. The Balaban J connectivity index is 1.83. The number of carbonyl (C=O) groups excluding carboxylic acids is 1. The fraction of sp³-hybridized carbons (Fsp3) is 0.190. The van der Waals surface area contributed by atoms with Gasteiger partial charge < -0.3 is 18.9 Å². The van der Waals surface area contributed by atoms with Crippen LogP contribution < -0.4 is 18.9 Å². The van der Waals surface area contributed by atoms with E-state index in [0.29, 0.717) is 37.8 Å². The van der Waals surface area contributed by atoms with Gasteiger partial charge in [0.1, 0.15) is 11.5 Å². The maximum absolute atomic E-state index is 12.8. The van der Waals surface area contributed by atoms with E-state index in [1.54, 1.807) is 64.8 Å². The number of rotatable bonds is 7. The molecule has 0 bridgehead atoms. The van der Waals surface area contributed by atoms with Crippen LogP contribution in [0.5, 0.6) is 23.0 Å². The molecule has 9 heteroatoms. The molecule has 0 radical (unpaired) electrons. The quantitative estimate of drug-likeness (QED) is 0.364. The SMILES string of the molecule is COc1ccc(/C=N/N2C(=O)/C(=C\c3ccc(OC)c(OC)c3)SC2=S)c(OC)c1. The van der Waals surface area contributed by atoms with Crippen LogP contribution >= 0.6 is 24.0 Å². The number of thioether (sulfide) groups is 1. The molecule has 7 nitrogen and oxygen atoms in total. The normalized spacial score (nSPS) is 15.2. The number of hydrogen-bond donors (Lipinski definition) is 0. The first-order valence-corrected chi connectivity index (χ1v) is 9.99. The van der Waals surface area contributed by atoms with Crippen molar-refractivity contribution in [1.82, 2.24) is 5.01 Å². The Morgan fingerprint density at radius 2 is 1.67 bits per heavy atom. The Morgan fingerprint density at radius 1 is 0.933 bits per heavy atom. The molecule has 0 aliphatic carbocycles. The van der Waals surface area contributed by atoms with Crippen molar-refractivity contribution in [2.24, 2.45) is 5.10 Å². The van der Waals surface area contributed by atoms with E-state index in [-0.39, 0.29) is 5.91 Å². The molecule has 0 N–H and O–H groups in total. The van der Waals surface area contributed by atoms with Crippen molar-refractivity contribution in [1.29, 1.82) is 0 Å². The van der Waals surface area contributed by atoms with E-state index < -0.39 is 0 Å². The van der Waals surface area contributed by atoms with Crippen molar-refractivity contribution in [2.45, 2.75) is 0 Å². The number of hydrazone groups is 1. The number of nitrogens with zero attached hydrogens (tertiary/aromatic N) is 2. The van der Waals surface area contributed by atoms with E-state index >= 15 is 0 Å². The van der Waals surface area contributed by atoms with Gasteiger partial charge in [0.25, 0.3) is 5.91 Å². The lowest BCUT2D eigenvalue weighted by Crippen LogP contribution is -2.22. The average Bonchev–Trinajstić information content (AvgIpc) is 3.04. The van der Waals surface area contributed by atoms with Crippen LogP contribution in [0.15, 0.2) is 46.4 Å². The maximum atomic E-state index is 12.8. The fourth-order valence-corrected chi connectivity index (χ4v) is 3.87. The molecule has 0 aromatic heterocycles. The van der Waals surface area contributed by atoms with Gasteiger partial charge in [0, 0.05) is 11.6 Å². The Bertz CT molecular complexity index is 1040. The molecule has 30 heavy (non-hydrogen) atoms. The Morgan fingerprint density at radius 3 is 2.33 bits per heavy atom. The summed E-state index contributed by atoms with van der Waals surface area (Å²) >= 11 is 6.52. The van der Waals surface area contributed by atoms with Crippen LogP contribution in [-0.4, -0.2) is 49.9 Å². The molecule has 0 saturated carbocycles. The van der Waals surface area contributed by atoms with Crippen molar-refractivity contribution in [3.05, 3.63) is 52.4 Å². The predicted molar refractivity (Wildman–Crippen MR) is 122 cm³/mol. The van der Waals surface area contributed by atoms with E-state index in [2.05, 4.69) is 5.10 Å². The summed E-state index contributed by atoms with van der Waals surface area (Å²) < 4.78 is 21.4. The highest BCUT2D eigenvalue weighted by Crippen LogP contribution is 2.35. The van der Waals surface area contributed by atoms with Gasteiger partial charge in [-0.3, -0.25) is 4.79 Å². The van der Waals surface area contributed by atoms with Crippen LogP contribution in [0.4, 0.5) is 0 Å². The average molecular weight is 445 g/mol. The zero-order valence-corrected chi connectivity index (χ0v) is 18.5. The molecule has 3 rings (SSSR count). The molecule has 2 aromatic rings. The lowest BCUT2D eigenvalue weighted by atomic mass is 10.2. The number of benzene rings is 2. The molecule has 1 aliphatic heterocycles. The first-order valence-electron chi connectivity index (χ1n) is 8.76. The molecule has 156 valence electrons. The Kier molecular flexibility index (Phi) is 6.96. The maximum Gasteiger partial charge on any atom is 0.286 e. The zero-order valence-electron chi connectivity index (χ0n) is 16.9. The predicted octanol–water partition coefficient (Wildman–Crippen LogP) is 3.96. The van der Waals surface area contributed by atoms with Crippen LogP contribution in [0.25, 0.3) is 6.08 Å². The largest absolute Gasteiger partial charge is 0.497 e. The second kappa shape index (κ2) is 9.64. The second-order valence-corrected chi connectivity index (χ2v) is 7.64. The number of thiocarbonyl (C=S) groups is 1. The van der Waals surface area contributed by atoms with Gasteiger partial charge in [0.05, 0.1) is 39.6 Å². The second-order valence-electron chi connectivity index (χ2n) is 5.96. The van der Waals surface area contributed by atoms with E-state index in [9.17, 15) is 4.79 Å². The number of hydrogen-bond acceptors (Lipinski definition) is 8. The Labute approximate surface area is 184 Å². The van der Waals surface area contributed by atoms with Crippen molar-refractivity contribution in [3.63, 3.8) is 0 Å². The molecule has 0 atom stereocenters. The summed E-state index contributed by atoms with van der Waals surface area (Å²) in [7, 11) is 6.26. The number of carbonyl (C=O) groups is 1. The lowest BCUT2D eigenvalue weighted by Gasteiger charge is -2.09. The smallest absolute Gasteiger partial charge is 0.286 e. The summed E-state index contributed by atoms with van der Waals surface area (Å²) in [5.74, 6) is 2.12. The van der Waals surface area contributed by atoms with Gasteiger partial charge in [-0.15, -0.1) is 0 Å². The molecule has 1 aliphatic rings. The topological polar surface area (TPSA) is 69.6 Å². The summed E-state index contributed by atoms with van der Waals surface area (Å²) in [4.78, 5) is 13.3. The van der Waals surface area contributed by atoms with Gasteiger partial charge in [-0.05, 0) is 48.1 Å². The molecule has 0 unspecified atom stereocenters. The molecule has 1 amide bonds. The molecule has 1 heterocycles. The third-order valence-electron chi connectivity index (χ3n) is 4.23. The van der Waals surface area contributed by atoms with Crippen molar-refractivity contribution >= 4 is 46.5 Å². The number of amides is 1. The van der Waals surface area contributed by atoms with Gasteiger partial charge in [0.2, 0.25) is 0 Å². The fourth-order valence-electron chi connectivity index (χ4n) is 2.70. The lowest BCUT2D eigenvalue weighted by molar-refractivity contribution is -0.122. The van der Waals surface area contributed by atoms with E-state index in [4.69, 9.17) is 31.2 Å². The first kappa shape index (κ1) is 21.7. The highest BCUT2D eigenvalue weighted by molar-refractivity contribution is 8.26. The van der Waals surface area contributed by atoms with Crippen molar-refractivity contribution < 1.29 is 23.7 Å². The van der Waals surface area contributed by atoms with Gasteiger partial charge in [-0.1, -0.05) is 17.8 Å². The molecule has 0 spiro atoms. The van der Waals surface area contributed by atoms with Crippen molar-refractivity contribution in [2.75, 3.05) is 28.4 Å². The standard InChI is InChI=1S/C21H20N2O5S2/c1-25-15-7-6-14(17(11-15)27-3)12-22-23-20(24)19(30-21(23)29)10-13-5-8-16(26-2)18(9-13)28-4/h5-12H,1-4H3/b19-10+,22-12+. The van der Waals surface area contributed by atoms with Crippen LogP contribution in [-0.2, 0) is 4.79 Å². The number of ether oxygens (including phenoxy) is 4. The molecule has 1 fully saturated rings. The van der Waals surface area contributed by atoms with Crippen LogP contribution in [0.3, 0.4) is 0 Å². The molecular weight excluding hydrogens is 424 g/mol. The minimum absolute atomic E-state index is 0.302. The van der Waals surface area contributed by atoms with Crippen LogP contribution in [0.2, 0.25) is 0 Å². The first-order chi connectivity index (χ1) is 14.5. The Hall–Kier alpha value is -3.04. The zero-order chi connectivity index (χ0) is 21.7. The highest BCUT2D eigenvalue weighted by Gasteiger charge is 2.32. The molecule has 1 saturated heterocycles. The van der Waals surface area contributed by atoms with Gasteiger partial charge in [-0.25, -0.2) is 0 Å². The van der Waals surface area contributed by atoms with Crippen LogP contribution in [0, 0.1) is 0 Å². The van der Waals surface area contributed by atoms with Gasteiger partial charge in [-0.2, -0.15) is 10.1 Å². The van der Waals surface area contributed by atoms with Gasteiger partial charge in [0.15, 0.2) is 15.8 Å². The molecular formula is C21H20N2O5S2. The summed E-state index contributed by atoms with van der Waals surface area (Å²) in [6.07, 6.45) is 3.27.